The van der Waals surface area contributed by atoms with Crippen LogP contribution in [0.15, 0.2) is 0 Å². The van der Waals surface area contributed by atoms with Crippen LogP contribution in [0.4, 0.5) is 0 Å². The number of thioether (sulfide) groups is 1. The summed E-state index contributed by atoms with van der Waals surface area (Å²) in [5, 5.41) is 0. The van der Waals surface area contributed by atoms with Crippen molar-refractivity contribution in [3.05, 3.63) is 0 Å². The van der Waals surface area contributed by atoms with Crippen molar-refractivity contribution < 1.29 is 0 Å². The SMILES string of the molecule is CCSCN(CC)C(C)I. The number of hydrogen-bond acceptors (Lipinski definition) is 2. The molecule has 0 saturated heterocycles. The van der Waals surface area contributed by atoms with Crippen molar-refractivity contribution in [2.24, 2.45) is 0 Å². The Morgan fingerprint density at radius 2 is 2.10 bits per heavy atom. The van der Waals surface area contributed by atoms with Gasteiger partial charge in [0.15, 0.2) is 0 Å². The molecule has 0 aromatic heterocycles. The van der Waals surface area contributed by atoms with Crippen molar-refractivity contribution in [2.75, 3.05) is 18.2 Å². The lowest BCUT2D eigenvalue weighted by Crippen LogP contribution is -2.27. The Morgan fingerprint density at radius 3 is 2.40 bits per heavy atom. The minimum Gasteiger partial charge on any atom is -0.283 e. The van der Waals surface area contributed by atoms with Crippen LogP contribution in [0.25, 0.3) is 0 Å². The molecule has 0 fully saturated rings. The summed E-state index contributed by atoms with van der Waals surface area (Å²) in [5.74, 6) is 2.40. The summed E-state index contributed by atoms with van der Waals surface area (Å²) in [5.41, 5.74) is 0. The topological polar surface area (TPSA) is 3.24 Å². The lowest BCUT2D eigenvalue weighted by molar-refractivity contribution is 0.344. The van der Waals surface area contributed by atoms with Crippen LogP contribution >= 0.6 is 34.4 Å². The average Bonchev–Trinajstić information content (AvgIpc) is 1.89. The molecule has 0 aromatic rings. The maximum atomic E-state index is 2.46. The van der Waals surface area contributed by atoms with Crippen molar-refractivity contribution in [1.82, 2.24) is 4.90 Å². The highest BCUT2D eigenvalue weighted by Crippen LogP contribution is 2.11. The number of alkyl halides is 1. The van der Waals surface area contributed by atoms with Gasteiger partial charge in [-0.25, -0.2) is 0 Å². The molecule has 1 atom stereocenters. The molecule has 0 radical (unpaired) electrons. The maximum Gasteiger partial charge on any atom is 0.0597 e. The molecule has 62 valence electrons. The zero-order valence-corrected chi connectivity index (χ0v) is 9.91. The zero-order chi connectivity index (χ0) is 7.98. The molecule has 0 N–H and O–H groups in total. The largest absolute Gasteiger partial charge is 0.283 e. The van der Waals surface area contributed by atoms with Gasteiger partial charge in [0.05, 0.1) is 4.05 Å². The van der Waals surface area contributed by atoms with Gasteiger partial charge < -0.3 is 0 Å². The van der Waals surface area contributed by atoms with Gasteiger partial charge in [0.2, 0.25) is 0 Å². The van der Waals surface area contributed by atoms with E-state index in [1.807, 2.05) is 11.8 Å². The molecule has 1 nitrogen and oxygen atoms in total. The number of rotatable bonds is 5. The summed E-state index contributed by atoms with van der Waals surface area (Å²) in [6, 6.07) is 0. The third-order valence-corrected chi connectivity index (χ3v) is 3.08. The lowest BCUT2D eigenvalue weighted by atomic mass is 10.6. The summed E-state index contributed by atoms with van der Waals surface area (Å²) < 4.78 is 0.668. The lowest BCUT2D eigenvalue weighted by Gasteiger charge is -2.22. The van der Waals surface area contributed by atoms with Crippen LogP contribution in [0.2, 0.25) is 0 Å². The first-order valence-corrected chi connectivity index (χ1v) is 6.08. The Bertz CT molecular complexity index is 78.0. The predicted octanol–water partition coefficient (Wildman–Crippen LogP) is 2.80. The third kappa shape index (κ3) is 4.79. The molecule has 0 aliphatic carbocycles. The highest BCUT2D eigenvalue weighted by molar-refractivity contribution is 14.1. The highest BCUT2D eigenvalue weighted by Gasteiger charge is 2.05. The molecule has 1 unspecified atom stereocenters. The van der Waals surface area contributed by atoms with Gasteiger partial charge in [0.1, 0.15) is 0 Å². The van der Waals surface area contributed by atoms with E-state index in [-0.39, 0.29) is 0 Å². The normalized spacial score (nSPS) is 14.1. The first-order valence-electron chi connectivity index (χ1n) is 3.68. The molecule has 10 heavy (non-hydrogen) atoms. The van der Waals surface area contributed by atoms with Gasteiger partial charge in [-0.2, -0.15) is 0 Å². The van der Waals surface area contributed by atoms with Gasteiger partial charge in [0.25, 0.3) is 0 Å². The summed E-state index contributed by atoms with van der Waals surface area (Å²) in [6.07, 6.45) is 0. The van der Waals surface area contributed by atoms with E-state index in [0.717, 1.165) is 6.54 Å². The Hall–Kier alpha value is 1.04. The van der Waals surface area contributed by atoms with Crippen molar-refractivity contribution in [1.29, 1.82) is 0 Å². The Morgan fingerprint density at radius 1 is 1.50 bits per heavy atom. The van der Waals surface area contributed by atoms with E-state index in [2.05, 4.69) is 48.3 Å². The van der Waals surface area contributed by atoms with Gasteiger partial charge in [-0.3, -0.25) is 4.90 Å². The van der Waals surface area contributed by atoms with Gasteiger partial charge in [-0.15, -0.1) is 11.8 Å². The van der Waals surface area contributed by atoms with Crippen LogP contribution in [-0.2, 0) is 0 Å². The van der Waals surface area contributed by atoms with Crippen molar-refractivity contribution in [3.8, 4) is 0 Å². The number of halogens is 1. The average molecular weight is 273 g/mol. The third-order valence-electron chi connectivity index (χ3n) is 1.37. The van der Waals surface area contributed by atoms with E-state index in [1.165, 1.54) is 11.6 Å². The van der Waals surface area contributed by atoms with Gasteiger partial charge >= 0.3 is 0 Å². The Kier molecular flexibility index (Phi) is 7.43. The minimum atomic E-state index is 0.668. The molecule has 0 amide bonds. The maximum absolute atomic E-state index is 2.46. The molecule has 0 spiro atoms. The van der Waals surface area contributed by atoms with Crippen LogP contribution in [0.3, 0.4) is 0 Å². The van der Waals surface area contributed by atoms with E-state index in [9.17, 15) is 0 Å². The second-order valence-electron chi connectivity index (χ2n) is 2.10. The molecule has 0 aromatic carbocycles. The monoisotopic (exact) mass is 273 g/mol. The standard InChI is InChI=1S/C7H16INS/c1-4-9(7(3)8)6-10-5-2/h7H,4-6H2,1-3H3. The summed E-state index contributed by atoms with van der Waals surface area (Å²) in [7, 11) is 0. The molecule has 0 heterocycles. The fraction of sp³-hybridized carbons (Fsp3) is 1.00. The van der Waals surface area contributed by atoms with Gasteiger partial charge in [0, 0.05) is 5.88 Å². The first kappa shape index (κ1) is 11.0. The smallest absolute Gasteiger partial charge is 0.0597 e. The van der Waals surface area contributed by atoms with Crippen LogP contribution in [0.1, 0.15) is 20.8 Å². The van der Waals surface area contributed by atoms with E-state index >= 15 is 0 Å². The van der Waals surface area contributed by atoms with E-state index in [0.29, 0.717) is 4.05 Å². The second kappa shape index (κ2) is 6.73. The number of hydrogen-bond donors (Lipinski definition) is 0. The minimum absolute atomic E-state index is 0.668. The Balaban J connectivity index is 3.40. The van der Waals surface area contributed by atoms with E-state index < -0.39 is 0 Å². The predicted molar refractivity (Wildman–Crippen MR) is 58.9 cm³/mol. The fourth-order valence-corrected chi connectivity index (χ4v) is 2.34. The van der Waals surface area contributed by atoms with E-state index in [4.69, 9.17) is 0 Å². The molecule has 0 rings (SSSR count). The van der Waals surface area contributed by atoms with Crippen LogP contribution in [0.5, 0.6) is 0 Å². The molecule has 0 aliphatic heterocycles. The van der Waals surface area contributed by atoms with Crippen LogP contribution < -0.4 is 0 Å². The molecular formula is C7H16INS. The van der Waals surface area contributed by atoms with E-state index in [1.54, 1.807) is 0 Å². The van der Waals surface area contributed by atoms with Crippen LogP contribution in [0, 0.1) is 0 Å². The highest BCUT2D eigenvalue weighted by atomic mass is 127. The van der Waals surface area contributed by atoms with Crippen molar-refractivity contribution >= 4 is 34.4 Å². The summed E-state index contributed by atoms with van der Waals surface area (Å²) >= 11 is 4.45. The molecule has 0 bridgehead atoms. The number of nitrogens with zero attached hydrogens (tertiary/aromatic N) is 1. The van der Waals surface area contributed by atoms with Crippen molar-refractivity contribution in [2.45, 2.75) is 24.8 Å². The molecular weight excluding hydrogens is 257 g/mol. The van der Waals surface area contributed by atoms with Crippen LogP contribution in [-0.4, -0.2) is 27.1 Å². The van der Waals surface area contributed by atoms with Crippen molar-refractivity contribution in [3.63, 3.8) is 0 Å². The summed E-state index contributed by atoms with van der Waals surface area (Å²) in [6.45, 7) is 7.82. The molecule has 0 aliphatic rings. The molecule has 0 saturated carbocycles. The molecule has 3 heteroatoms. The fourth-order valence-electron chi connectivity index (χ4n) is 0.654. The first-order chi connectivity index (χ1) is 4.72. The van der Waals surface area contributed by atoms with Gasteiger partial charge in [-0.1, -0.05) is 36.4 Å². The second-order valence-corrected chi connectivity index (χ2v) is 5.15. The summed E-state index contributed by atoms with van der Waals surface area (Å²) in [4.78, 5) is 2.45. The zero-order valence-electron chi connectivity index (χ0n) is 6.93. The quantitative estimate of drug-likeness (QED) is 0.328. The van der Waals surface area contributed by atoms with Gasteiger partial charge in [-0.05, 0) is 19.2 Å². The Labute approximate surface area is 82.1 Å².